The fraction of sp³-hybridized carbons (Fsp3) is 0.944. The van der Waals surface area contributed by atoms with Gasteiger partial charge in [-0.05, 0) is 49.4 Å². The van der Waals surface area contributed by atoms with Gasteiger partial charge in [-0.3, -0.25) is 37.3 Å². The Balaban J connectivity index is 5.26. The molecule has 0 bridgehead atoms. The van der Waals surface area contributed by atoms with E-state index in [4.69, 9.17) is 37.0 Å². The number of hydrogen-bond acceptors (Lipinski definition) is 15. The topological polar surface area (TPSA) is 237 Å². The number of carbonyl (C=O) groups is 4. The molecule has 0 aliphatic carbocycles. The predicted molar refractivity (Wildman–Crippen MR) is 363 cm³/mol. The Morgan fingerprint density at radius 1 is 0.311 bits per heavy atom. The van der Waals surface area contributed by atoms with Crippen LogP contribution in [0.4, 0.5) is 0 Å². The highest BCUT2D eigenvalue weighted by atomic mass is 31.2. The molecular formula is C71H138O17P2. The lowest BCUT2D eigenvalue weighted by Crippen LogP contribution is -2.30. The third-order valence-electron chi connectivity index (χ3n) is 17.0. The summed E-state index contributed by atoms with van der Waals surface area (Å²) in [6, 6.07) is 0. The first-order chi connectivity index (χ1) is 43.2. The zero-order valence-electron chi connectivity index (χ0n) is 58.8. The summed E-state index contributed by atoms with van der Waals surface area (Å²) in [6.07, 6.45) is 43.0. The molecule has 0 aromatic rings. The number of aliphatic hydroxyl groups excluding tert-OH is 1. The molecule has 90 heavy (non-hydrogen) atoms. The van der Waals surface area contributed by atoms with Crippen molar-refractivity contribution in [3.63, 3.8) is 0 Å². The Morgan fingerprint density at radius 2 is 0.533 bits per heavy atom. The lowest BCUT2D eigenvalue weighted by molar-refractivity contribution is -0.161. The van der Waals surface area contributed by atoms with Crippen molar-refractivity contribution in [2.24, 2.45) is 23.7 Å². The normalized spacial score (nSPS) is 14.9. The second kappa shape index (κ2) is 60.7. The van der Waals surface area contributed by atoms with Crippen LogP contribution >= 0.6 is 15.6 Å². The molecule has 0 saturated carbocycles. The van der Waals surface area contributed by atoms with E-state index >= 15 is 0 Å². The number of rotatable bonds is 68. The van der Waals surface area contributed by atoms with Gasteiger partial charge in [-0.1, -0.05) is 299 Å². The molecular weight excluding hydrogens is 1190 g/mol. The first kappa shape index (κ1) is 88.1. The molecule has 0 radical (unpaired) electrons. The van der Waals surface area contributed by atoms with Gasteiger partial charge in [0.15, 0.2) is 12.2 Å². The van der Waals surface area contributed by atoms with Gasteiger partial charge in [-0.2, -0.15) is 0 Å². The summed E-state index contributed by atoms with van der Waals surface area (Å²) in [5.74, 6) is 0.915. The van der Waals surface area contributed by atoms with Crippen LogP contribution in [0.5, 0.6) is 0 Å². The summed E-state index contributed by atoms with van der Waals surface area (Å²) in [5.41, 5.74) is 0. The third kappa shape index (κ3) is 62.2. The monoisotopic (exact) mass is 1320 g/mol. The molecule has 0 fully saturated rings. The van der Waals surface area contributed by atoms with Crippen molar-refractivity contribution in [1.82, 2.24) is 0 Å². The maximum absolute atomic E-state index is 13.0. The van der Waals surface area contributed by atoms with E-state index in [-0.39, 0.29) is 25.7 Å². The molecule has 534 valence electrons. The molecule has 19 heteroatoms. The molecule has 7 atom stereocenters. The first-order valence-electron chi connectivity index (χ1n) is 36.8. The SMILES string of the molecule is CCC(C)CCCCCCCCCCCCC(=O)OC[C@H](COP(=O)(O)OC[C@@H](O)COP(=O)(O)OC[C@@H](COC(=O)CCCCCCCCC(C)C)OC(=O)CCCCCCCCCCCCC(C)CC)OC(=O)CCCCCCCCCCCCC(C)C. The van der Waals surface area contributed by atoms with Crippen molar-refractivity contribution < 1.29 is 80.2 Å². The molecule has 0 amide bonds. The molecule has 3 N–H and O–H groups in total. The first-order valence-corrected chi connectivity index (χ1v) is 39.8. The highest BCUT2D eigenvalue weighted by Crippen LogP contribution is 2.45. The summed E-state index contributed by atoms with van der Waals surface area (Å²) < 4.78 is 68.3. The average Bonchev–Trinajstić information content (AvgIpc) is 3.57. The second-order valence-electron chi connectivity index (χ2n) is 27.1. The average molecular weight is 1330 g/mol. The van der Waals surface area contributed by atoms with Gasteiger partial charge < -0.3 is 33.8 Å². The van der Waals surface area contributed by atoms with E-state index in [0.29, 0.717) is 31.6 Å². The van der Waals surface area contributed by atoms with Gasteiger partial charge in [0.25, 0.3) is 0 Å². The van der Waals surface area contributed by atoms with Crippen molar-refractivity contribution in [2.45, 2.75) is 369 Å². The number of hydrogen-bond donors (Lipinski definition) is 3. The van der Waals surface area contributed by atoms with E-state index < -0.39 is 97.5 Å². The molecule has 0 aromatic carbocycles. The molecule has 0 aromatic heterocycles. The Kier molecular flexibility index (Phi) is 59.4. The van der Waals surface area contributed by atoms with E-state index in [1.807, 2.05) is 0 Å². The molecule has 0 aliphatic rings. The summed E-state index contributed by atoms with van der Waals surface area (Å²) in [4.78, 5) is 72.6. The second-order valence-corrected chi connectivity index (χ2v) is 30.0. The van der Waals surface area contributed by atoms with Crippen LogP contribution in [0.2, 0.25) is 0 Å². The van der Waals surface area contributed by atoms with Gasteiger partial charge in [0.05, 0.1) is 26.4 Å². The summed E-state index contributed by atoms with van der Waals surface area (Å²) in [7, 11) is -9.90. The van der Waals surface area contributed by atoms with Gasteiger partial charge in [0.2, 0.25) is 0 Å². The van der Waals surface area contributed by atoms with Crippen LogP contribution in [0.25, 0.3) is 0 Å². The standard InChI is InChI=1S/C71H138O17P2/c1-9-63(7)49-41-33-24-18-12-15-20-26-35-43-51-68(73)81-57-66(87-70(75)53-45-37-27-21-14-11-17-23-31-39-47-61(3)4)59-85-89(77,78)83-55-65(72)56-84-90(79,80)86-60-67(58-82-69(74)52-44-36-30-29-32-40-48-62(5)6)88-71(76)54-46-38-28-22-16-13-19-25-34-42-50-64(8)10-2/h61-67,72H,9-60H2,1-8H3,(H,77,78)(H,79,80)/t63?,64?,65-,66-,67-/m1/s1. The third-order valence-corrected chi connectivity index (χ3v) is 18.9. The lowest BCUT2D eigenvalue weighted by atomic mass is 9.99. The molecule has 17 nitrogen and oxygen atoms in total. The van der Waals surface area contributed by atoms with Crippen molar-refractivity contribution >= 4 is 39.5 Å². The van der Waals surface area contributed by atoms with E-state index in [2.05, 4.69) is 55.4 Å². The van der Waals surface area contributed by atoms with Gasteiger partial charge in [0, 0.05) is 25.7 Å². The summed E-state index contributed by atoms with van der Waals surface area (Å²) >= 11 is 0. The maximum atomic E-state index is 13.0. The number of phosphoric ester groups is 2. The van der Waals surface area contributed by atoms with Crippen molar-refractivity contribution in [3.8, 4) is 0 Å². The predicted octanol–water partition coefficient (Wildman–Crippen LogP) is 20.1. The van der Waals surface area contributed by atoms with E-state index in [1.165, 1.54) is 148 Å². The van der Waals surface area contributed by atoms with Crippen molar-refractivity contribution in [3.05, 3.63) is 0 Å². The van der Waals surface area contributed by atoms with Crippen molar-refractivity contribution in [2.75, 3.05) is 39.6 Å². The Hall–Kier alpha value is -1.94. The van der Waals surface area contributed by atoms with Crippen LogP contribution in [0.15, 0.2) is 0 Å². The molecule has 0 spiro atoms. The quantitative estimate of drug-likeness (QED) is 0.0222. The number of aliphatic hydroxyl groups is 1. The summed E-state index contributed by atoms with van der Waals surface area (Å²) in [6.45, 7) is 14.1. The van der Waals surface area contributed by atoms with Crippen LogP contribution in [0.1, 0.15) is 351 Å². The molecule has 0 heterocycles. The van der Waals surface area contributed by atoms with Crippen LogP contribution < -0.4 is 0 Å². The van der Waals surface area contributed by atoms with Gasteiger partial charge in [-0.15, -0.1) is 0 Å². The number of ether oxygens (including phenoxy) is 4. The summed E-state index contributed by atoms with van der Waals surface area (Å²) in [5, 5.41) is 10.6. The maximum Gasteiger partial charge on any atom is 0.472 e. The fourth-order valence-corrected chi connectivity index (χ4v) is 12.2. The zero-order valence-corrected chi connectivity index (χ0v) is 60.6. The molecule has 0 aliphatic heterocycles. The number of phosphoric acid groups is 2. The minimum absolute atomic E-state index is 0.105. The Labute approximate surface area is 549 Å². The van der Waals surface area contributed by atoms with Crippen LogP contribution in [0.3, 0.4) is 0 Å². The number of carbonyl (C=O) groups excluding carboxylic acids is 4. The molecule has 0 rings (SSSR count). The molecule has 4 unspecified atom stereocenters. The van der Waals surface area contributed by atoms with E-state index in [9.17, 15) is 43.2 Å². The largest absolute Gasteiger partial charge is 0.472 e. The minimum Gasteiger partial charge on any atom is -0.462 e. The Morgan fingerprint density at radius 3 is 0.789 bits per heavy atom. The molecule has 0 saturated heterocycles. The van der Waals surface area contributed by atoms with Crippen LogP contribution in [0, 0.1) is 23.7 Å². The van der Waals surface area contributed by atoms with Crippen LogP contribution in [-0.4, -0.2) is 96.7 Å². The smallest absolute Gasteiger partial charge is 0.462 e. The van der Waals surface area contributed by atoms with Crippen molar-refractivity contribution in [1.29, 1.82) is 0 Å². The Bertz CT molecular complexity index is 1790. The van der Waals surface area contributed by atoms with E-state index in [1.54, 1.807) is 0 Å². The van der Waals surface area contributed by atoms with Gasteiger partial charge >= 0.3 is 39.5 Å². The zero-order chi connectivity index (χ0) is 66.8. The van der Waals surface area contributed by atoms with Gasteiger partial charge in [-0.25, -0.2) is 9.13 Å². The lowest BCUT2D eigenvalue weighted by Gasteiger charge is -2.21. The highest BCUT2D eigenvalue weighted by Gasteiger charge is 2.30. The number of esters is 4. The van der Waals surface area contributed by atoms with Gasteiger partial charge in [0.1, 0.15) is 19.3 Å². The van der Waals surface area contributed by atoms with Crippen LogP contribution in [-0.2, 0) is 65.4 Å². The highest BCUT2D eigenvalue weighted by molar-refractivity contribution is 7.47. The van der Waals surface area contributed by atoms with E-state index in [0.717, 1.165) is 114 Å². The minimum atomic E-state index is -4.95. The fourth-order valence-electron chi connectivity index (χ4n) is 10.6. The number of unbranched alkanes of at least 4 members (excludes halogenated alkanes) is 32.